The Morgan fingerprint density at radius 2 is 2.15 bits per heavy atom. The molecule has 0 N–H and O–H groups in total. The second-order valence-electron chi connectivity index (χ2n) is 6.46. The molecule has 5 rings (SSSR count). The van der Waals surface area contributed by atoms with E-state index in [1.165, 1.54) is 11.3 Å². The number of pyridine rings is 1. The number of hydrogen-bond donors (Lipinski definition) is 0. The highest BCUT2D eigenvalue weighted by Crippen LogP contribution is 2.27. The summed E-state index contributed by atoms with van der Waals surface area (Å²) in [5.41, 5.74) is 5.05. The molecule has 0 radical (unpaired) electrons. The van der Waals surface area contributed by atoms with E-state index in [0.29, 0.717) is 11.2 Å². The molecule has 0 amide bonds. The van der Waals surface area contributed by atoms with E-state index in [4.69, 9.17) is 4.42 Å². The normalized spacial score (nSPS) is 11.4. The van der Waals surface area contributed by atoms with Gasteiger partial charge in [-0.3, -0.25) is 4.79 Å². The van der Waals surface area contributed by atoms with Gasteiger partial charge in [0.2, 0.25) is 0 Å². The molecule has 0 unspecified atom stereocenters. The van der Waals surface area contributed by atoms with E-state index >= 15 is 0 Å². The van der Waals surface area contributed by atoms with E-state index in [1.54, 1.807) is 12.5 Å². The van der Waals surface area contributed by atoms with Crippen molar-refractivity contribution in [2.24, 2.45) is 0 Å². The molecule has 0 saturated heterocycles. The summed E-state index contributed by atoms with van der Waals surface area (Å²) in [6.07, 6.45) is 7.53. The summed E-state index contributed by atoms with van der Waals surface area (Å²) in [7, 11) is 0. The first-order valence-corrected chi connectivity index (χ1v) is 9.44. The van der Waals surface area contributed by atoms with Crippen LogP contribution < -0.4 is 0 Å². The molecule has 132 valence electrons. The number of Topliss-reactive ketones (excluding diaryl/α,β-unsaturated/α-hetero) is 1. The Hall–Kier alpha value is -3.25. The highest BCUT2D eigenvalue weighted by Gasteiger charge is 2.16. The summed E-state index contributed by atoms with van der Waals surface area (Å²) in [5.74, 6) is 0.0202. The van der Waals surface area contributed by atoms with Crippen molar-refractivity contribution in [3.05, 3.63) is 76.8 Å². The molecule has 0 aliphatic rings. The quantitative estimate of drug-likeness (QED) is 0.419. The number of carbonyl (C=O) groups excluding carboxylic acids is 1. The van der Waals surface area contributed by atoms with Gasteiger partial charge in [0.05, 0.1) is 18.2 Å². The number of carbonyl (C=O) groups is 1. The number of fused-ring (bicyclic) bond motifs is 2. The van der Waals surface area contributed by atoms with Crippen LogP contribution in [0.5, 0.6) is 0 Å². The SMILES string of the molecule is Cc1csc(CC(=O)c2cc(-c3ccc4occc4c3)cn3ccnc23)n1. The third-order valence-electron chi connectivity index (χ3n) is 4.55. The van der Waals surface area contributed by atoms with Crippen LogP contribution in [0.3, 0.4) is 0 Å². The van der Waals surface area contributed by atoms with E-state index in [-0.39, 0.29) is 12.2 Å². The minimum Gasteiger partial charge on any atom is -0.464 e. The van der Waals surface area contributed by atoms with E-state index in [2.05, 4.69) is 16.0 Å². The number of furan rings is 1. The van der Waals surface area contributed by atoms with Gasteiger partial charge in [-0.05, 0) is 42.3 Å². The summed E-state index contributed by atoms with van der Waals surface area (Å²) in [6.45, 7) is 1.93. The van der Waals surface area contributed by atoms with Crippen molar-refractivity contribution in [2.45, 2.75) is 13.3 Å². The summed E-state index contributed by atoms with van der Waals surface area (Å²) >= 11 is 1.51. The van der Waals surface area contributed by atoms with E-state index < -0.39 is 0 Å². The molecule has 6 heteroatoms. The molecule has 27 heavy (non-hydrogen) atoms. The van der Waals surface area contributed by atoms with Gasteiger partial charge in [-0.2, -0.15) is 0 Å². The number of benzene rings is 1. The average Bonchev–Trinajstić information content (AvgIpc) is 3.40. The summed E-state index contributed by atoms with van der Waals surface area (Å²) in [4.78, 5) is 21.8. The first-order valence-electron chi connectivity index (χ1n) is 8.56. The van der Waals surface area contributed by atoms with Gasteiger partial charge < -0.3 is 8.82 Å². The number of hydrogen-bond acceptors (Lipinski definition) is 5. The lowest BCUT2D eigenvalue weighted by Gasteiger charge is -2.08. The summed E-state index contributed by atoms with van der Waals surface area (Å²) in [5, 5.41) is 3.82. The number of ketones is 1. The molecule has 1 aromatic carbocycles. The number of thiazole rings is 1. The highest BCUT2D eigenvalue weighted by atomic mass is 32.1. The summed E-state index contributed by atoms with van der Waals surface area (Å²) < 4.78 is 7.32. The third kappa shape index (κ3) is 2.84. The molecule has 0 saturated carbocycles. The molecule has 0 aliphatic heterocycles. The average molecular weight is 373 g/mol. The van der Waals surface area contributed by atoms with Crippen molar-refractivity contribution in [2.75, 3.05) is 0 Å². The second-order valence-corrected chi connectivity index (χ2v) is 7.40. The number of rotatable bonds is 4. The van der Waals surface area contributed by atoms with Gasteiger partial charge >= 0.3 is 0 Å². The minimum absolute atomic E-state index is 0.0202. The topological polar surface area (TPSA) is 60.4 Å². The van der Waals surface area contributed by atoms with Gasteiger partial charge in [0.1, 0.15) is 16.2 Å². The second kappa shape index (κ2) is 6.17. The van der Waals surface area contributed by atoms with Gasteiger partial charge in [-0.25, -0.2) is 9.97 Å². The number of imidazole rings is 1. The van der Waals surface area contributed by atoms with Crippen LogP contribution in [0.15, 0.2) is 65.0 Å². The molecule has 4 aromatic heterocycles. The standard InChI is InChI=1S/C21H15N3O2S/c1-13-12-27-20(23-13)10-18(25)17-9-16(11-24-6-5-22-21(17)24)14-2-3-19-15(8-14)4-7-26-19/h2-9,11-12H,10H2,1H3. The Balaban J connectivity index is 1.61. The van der Waals surface area contributed by atoms with Gasteiger partial charge in [-0.15, -0.1) is 11.3 Å². The van der Waals surface area contributed by atoms with Crippen molar-refractivity contribution in [3.8, 4) is 11.1 Å². The fourth-order valence-corrected chi connectivity index (χ4v) is 4.03. The maximum atomic E-state index is 13.0. The van der Waals surface area contributed by atoms with Gasteiger partial charge in [0.25, 0.3) is 0 Å². The minimum atomic E-state index is 0.0202. The number of nitrogens with zero attached hydrogens (tertiary/aromatic N) is 3. The van der Waals surface area contributed by atoms with Crippen LogP contribution in [0.25, 0.3) is 27.7 Å². The summed E-state index contributed by atoms with van der Waals surface area (Å²) in [6, 6.07) is 9.87. The Kier molecular flexibility index (Phi) is 3.65. The maximum absolute atomic E-state index is 13.0. The van der Waals surface area contributed by atoms with Crippen LogP contribution in [-0.4, -0.2) is 20.2 Å². The predicted octanol–water partition coefficient (Wildman–Crippen LogP) is 4.94. The smallest absolute Gasteiger partial charge is 0.173 e. The van der Waals surface area contributed by atoms with Gasteiger partial charge in [0, 0.05) is 35.1 Å². The highest BCUT2D eigenvalue weighted by molar-refractivity contribution is 7.09. The Labute approximate surface area is 158 Å². The van der Waals surface area contributed by atoms with Crippen molar-refractivity contribution >= 4 is 33.7 Å². The zero-order chi connectivity index (χ0) is 18.4. The molecule has 5 aromatic rings. The Bertz CT molecular complexity index is 1300. The molecule has 5 nitrogen and oxygen atoms in total. The van der Waals surface area contributed by atoms with Crippen LogP contribution in [0.1, 0.15) is 21.1 Å². The van der Waals surface area contributed by atoms with Crippen molar-refractivity contribution in [1.29, 1.82) is 0 Å². The van der Waals surface area contributed by atoms with E-state index in [9.17, 15) is 4.79 Å². The lowest BCUT2D eigenvalue weighted by molar-refractivity contribution is 0.0994. The molecule has 0 spiro atoms. The zero-order valence-electron chi connectivity index (χ0n) is 14.5. The molecular weight excluding hydrogens is 358 g/mol. The Morgan fingerprint density at radius 3 is 3.00 bits per heavy atom. The molecule has 0 fully saturated rings. The van der Waals surface area contributed by atoms with Crippen LogP contribution in [0, 0.1) is 6.92 Å². The molecule has 0 bridgehead atoms. The number of aryl methyl sites for hydroxylation is 1. The first kappa shape index (κ1) is 16.0. The van der Waals surface area contributed by atoms with E-state index in [0.717, 1.165) is 32.8 Å². The lowest BCUT2D eigenvalue weighted by atomic mass is 10.0. The van der Waals surface area contributed by atoms with Gasteiger partial charge in [-0.1, -0.05) is 6.07 Å². The van der Waals surface area contributed by atoms with Crippen molar-refractivity contribution < 1.29 is 9.21 Å². The molecule has 0 aliphatic carbocycles. The fraction of sp³-hybridized carbons (Fsp3) is 0.0952. The van der Waals surface area contributed by atoms with Crippen molar-refractivity contribution in [3.63, 3.8) is 0 Å². The molecular formula is C21H15N3O2S. The monoisotopic (exact) mass is 373 g/mol. The van der Waals surface area contributed by atoms with Gasteiger partial charge in [0.15, 0.2) is 5.78 Å². The Morgan fingerprint density at radius 1 is 1.22 bits per heavy atom. The third-order valence-corrected chi connectivity index (χ3v) is 5.52. The predicted molar refractivity (Wildman–Crippen MR) is 105 cm³/mol. The maximum Gasteiger partial charge on any atom is 0.173 e. The first-order chi connectivity index (χ1) is 13.2. The largest absolute Gasteiger partial charge is 0.464 e. The molecule has 0 atom stereocenters. The van der Waals surface area contributed by atoms with Crippen LogP contribution in [0.2, 0.25) is 0 Å². The van der Waals surface area contributed by atoms with Crippen LogP contribution in [-0.2, 0) is 6.42 Å². The van der Waals surface area contributed by atoms with Crippen molar-refractivity contribution in [1.82, 2.24) is 14.4 Å². The van der Waals surface area contributed by atoms with Crippen LogP contribution >= 0.6 is 11.3 Å². The fourth-order valence-electron chi connectivity index (χ4n) is 3.26. The van der Waals surface area contributed by atoms with E-state index in [1.807, 2.05) is 53.4 Å². The molecule has 4 heterocycles. The number of aromatic nitrogens is 3. The van der Waals surface area contributed by atoms with Crippen LogP contribution in [0.4, 0.5) is 0 Å². The zero-order valence-corrected chi connectivity index (χ0v) is 15.4. The lowest BCUT2D eigenvalue weighted by Crippen LogP contribution is -2.06.